The molecule has 1 fully saturated rings. The number of thioether (sulfide) groups is 1. The van der Waals surface area contributed by atoms with E-state index < -0.39 is 0 Å². The minimum absolute atomic E-state index is 0.530. The standard InChI is InChI=1S/C22H19BrN4OS2/c1-28-19-10-9-15(23)11-18(19)21-24-16(12-29-21)13-30-22-26-25-20(14-7-8-14)27(22)17-5-3-2-4-6-17/h2-6,9-12,14H,7-8,13H2,1H3. The summed E-state index contributed by atoms with van der Waals surface area (Å²) in [7, 11) is 1.69. The topological polar surface area (TPSA) is 52.8 Å². The van der Waals surface area contributed by atoms with E-state index >= 15 is 0 Å². The van der Waals surface area contributed by atoms with Gasteiger partial charge in [-0.2, -0.15) is 0 Å². The van der Waals surface area contributed by atoms with E-state index in [-0.39, 0.29) is 0 Å². The largest absolute Gasteiger partial charge is 0.496 e. The van der Waals surface area contributed by atoms with Crippen molar-refractivity contribution in [2.24, 2.45) is 0 Å². The lowest BCUT2D eigenvalue weighted by molar-refractivity contribution is 0.416. The first kappa shape index (κ1) is 19.8. The molecule has 30 heavy (non-hydrogen) atoms. The van der Waals surface area contributed by atoms with Gasteiger partial charge in [-0.05, 0) is 43.2 Å². The molecule has 1 saturated carbocycles. The predicted molar refractivity (Wildman–Crippen MR) is 125 cm³/mol. The van der Waals surface area contributed by atoms with Gasteiger partial charge in [0.15, 0.2) is 5.16 Å². The normalized spacial score (nSPS) is 13.5. The first-order chi connectivity index (χ1) is 14.7. The molecule has 152 valence electrons. The zero-order valence-corrected chi connectivity index (χ0v) is 19.5. The molecule has 0 saturated heterocycles. The highest BCUT2D eigenvalue weighted by atomic mass is 79.9. The number of aromatic nitrogens is 4. The minimum Gasteiger partial charge on any atom is -0.496 e. The van der Waals surface area contributed by atoms with Gasteiger partial charge < -0.3 is 4.74 Å². The molecule has 0 unspecified atom stereocenters. The van der Waals surface area contributed by atoms with E-state index in [4.69, 9.17) is 9.72 Å². The van der Waals surface area contributed by atoms with Gasteiger partial charge in [-0.25, -0.2) is 4.98 Å². The molecule has 1 aliphatic rings. The number of benzene rings is 2. The van der Waals surface area contributed by atoms with Crippen molar-refractivity contribution in [3.05, 3.63) is 69.9 Å². The summed E-state index contributed by atoms with van der Waals surface area (Å²) in [6.07, 6.45) is 2.39. The molecule has 5 rings (SSSR count). The van der Waals surface area contributed by atoms with Crippen molar-refractivity contribution in [2.75, 3.05) is 7.11 Å². The Balaban J connectivity index is 1.39. The average molecular weight is 499 g/mol. The Bertz CT molecular complexity index is 1170. The van der Waals surface area contributed by atoms with E-state index in [2.05, 4.69) is 60.3 Å². The zero-order chi connectivity index (χ0) is 20.5. The van der Waals surface area contributed by atoms with Crippen molar-refractivity contribution in [2.45, 2.75) is 29.7 Å². The van der Waals surface area contributed by atoms with Crippen molar-refractivity contribution in [1.29, 1.82) is 0 Å². The van der Waals surface area contributed by atoms with Crippen molar-refractivity contribution in [3.63, 3.8) is 0 Å². The van der Waals surface area contributed by atoms with E-state index in [1.54, 1.807) is 30.2 Å². The van der Waals surface area contributed by atoms with Gasteiger partial charge in [-0.15, -0.1) is 21.5 Å². The lowest BCUT2D eigenvalue weighted by Gasteiger charge is -2.09. The molecule has 0 amide bonds. The Labute approximate surface area is 191 Å². The van der Waals surface area contributed by atoms with Gasteiger partial charge in [0.05, 0.1) is 18.4 Å². The van der Waals surface area contributed by atoms with Crippen molar-refractivity contribution >= 4 is 39.0 Å². The summed E-state index contributed by atoms with van der Waals surface area (Å²) < 4.78 is 8.72. The molecule has 0 atom stereocenters. The van der Waals surface area contributed by atoms with Crippen LogP contribution in [0.1, 0.15) is 30.3 Å². The second-order valence-corrected chi connectivity index (χ2v) is 9.78. The Hall–Kier alpha value is -2.16. The summed E-state index contributed by atoms with van der Waals surface area (Å²) in [4.78, 5) is 4.84. The Morgan fingerprint density at radius 2 is 2.00 bits per heavy atom. The fourth-order valence-electron chi connectivity index (χ4n) is 3.28. The first-order valence-corrected chi connectivity index (χ1v) is 12.3. The number of nitrogens with zero attached hydrogens (tertiary/aromatic N) is 4. The summed E-state index contributed by atoms with van der Waals surface area (Å²) in [5.41, 5.74) is 3.14. The maximum Gasteiger partial charge on any atom is 0.196 e. The van der Waals surface area contributed by atoms with Gasteiger partial charge in [0.2, 0.25) is 0 Å². The molecular weight excluding hydrogens is 480 g/mol. The van der Waals surface area contributed by atoms with Crippen LogP contribution in [0.3, 0.4) is 0 Å². The number of halogens is 1. The minimum atomic E-state index is 0.530. The second kappa shape index (κ2) is 8.53. The van der Waals surface area contributed by atoms with Crippen LogP contribution in [0.25, 0.3) is 16.3 Å². The average Bonchev–Trinajstić information content (AvgIpc) is 3.36. The van der Waals surface area contributed by atoms with Crippen LogP contribution in [0, 0.1) is 0 Å². The van der Waals surface area contributed by atoms with E-state index in [0.29, 0.717) is 5.92 Å². The maximum absolute atomic E-state index is 5.51. The van der Waals surface area contributed by atoms with Gasteiger partial charge in [-0.3, -0.25) is 4.57 Å². The van der Waals surface area contributed by atoms with E-state index in [1.165, 1.54) is 12.8 Å². The Morgan fingerprint density at radius 3 is 2.77 bits per heavy atom. The number of hydrogen-bond donors (Lipinski definition) is 0. The predicted octanol–water partition coefficient (Wildman–Crippen LogP) is 6.33. The van der Waals surface area contributed by atoms with Crippen molar-refractivity contribution < 1.29 is 4.74 Å². The van der Waals surface area contributed by atoms with Crippen LogP contribution in [0.15, 0.2) is 63.5 Å². The van der Waals surface area contributed by atoms with E-state index in [0.717, 1.165) is 48.9 Å². The highest BCUT2D eigenvalue weighted by Crippen LogP contribution is 2.41. The van der Waals surface area contributed by atoms with Crippen LogP contribution in [0.2, 0.25) is 0 Å². The zero-order valence-electron chi connectivity index (χ0n) is 16.3. The van der Waals surface area contributed by atoms with Gasteiger partial charge in [0.1, 0.15) is 16.6 Å². The Morgan fingerprint density at radius 1 is 1.17 bits per heavy atom. The summed E-state index contributed by atoms with van der Waals surface area (Å²) in [5.74, 6) is 3.16. The highest BCUT2D eigenvalue weighted by Gasteiger charge is 2.31. The third kappa shape index (κ3) is 4.04. The number of methoxy groups -OCH3 is 1. The highest BCUT2D eigenvalue weighted by molar-refractivity contribution is 9.10. The molecule has 0 radical (unpaired) electrons. The van der Waals surface area contributed by atoms with Gasteiger partial charge in [0, 0.05) is 27.2 Å². The molecule has 2 aromatic carbocycles. The van der Waals surface area contributed by atoms with Crippen molar-refractivity contribution in [1.82, 2.24) is 19.7 Å². The monoisotopic (exact) mass is 498 g/mol. The van der Waals surface area contributed by atoms with Crippen LogP contribution in [-0.2, 0) is 5.75 Å². The number of ether oxygens (including phenoxy) is 1. The van der Waals surface area contributed by atoms with Crippen LogP contribution >= 0.6 is 39.0 Å². The van der Waals surface area contributed by atoms with E-state index in [1.807, 2.05) is 24.3 Å². The molecule has 5 nitrogen and oxygen atoms in total. The third-order valence-corrected chi connectivity index (χ3v) is 7.29. The number of thiazole rings is 1. The fraction of sp³-hybridized carbons (Fsp3) is 0.227. The molecule has 0 N–H and O–H groups in total. The molecule has 0 bridgehead atoms. The SMILES string of the molecule is COc1ccc(Br)cc1-c1nc(CSc2nnc(C3CC3)n2-c2ccccc2)cs1. The third-order valence-electron chi connectivity index (χ3n) is 4.91. The molecule has 8 heteroatoms. The smallest absolute Gasteiger partial charge is 0.196 e. The molecule has 4 aromatic rings. The molecule has 2 heterocycles. The number of para-hydroxylation sites is 1. The van der Waals surface area contributed by atoms with Gasteiger partial charge in [-0.1, -0.05) is 45.9 Å². The van der Waals surface area contributed by atoms with E-state index in [9.17, 15) is 0 Å². The number of rotatable bonds is 7. The molecule has 0 spiro atoms. The first-order valence-electron chi connectivity index (χ1n) is 9.65. The molecule has 0 aliphatic heterocycles. The quantitative estimate of drug-likeness (QED) is 0.278. The van der Waals surface area contributed by atoms with Crippen LogP contribution in [0.5, 0.6) is 5.75 Å². The van der Waals surface area contributed by atoms with Crippen LogP contribution < -0.4 is 4.74 Å². The fourth-order valence-corrected chi connectivity index (χ4v) is 5.44. The number of hydrogen-bond acceptors (Lipinski definition) is 6. The van der Waals surface area contributed by atoms with Crippen LogP contribution in [0.4, 0.5) is 0 Å². The summed E-state index contributed by atoms with van der Waals surface area (Å²) in [6, 6.07) is 16.3. The summed E-state index contributed by atoms with van der Waals surface area (Å²) >= 11 is 6.84. The summed E-state index contributed by atoms with van der Waals surface area (Å²) in [6.45, 7) is 0. The molecular formula is C22H19BrN4OS2. The van der Waals surface area contributed by atoms with Crippen molar-refractivity contribution in [3.8, 4) is 22.0 Å². The maximum atomic E-state index is 5.51. The lowest BCUT2D eigenvalue weighted by atomic mass is 10.2. The Kier molecular flexibility index (Phi) is 5.62. The van der Waals surface area contributed by atoms with Gasteiger partial charge >= 0.3 is 0 Å². The summed E-state index contributed by atoms with van der Waals surface area (Å²) in [5, 5.41) is 13.0. The van der Waals surface area contributed by atoms with Crippen LogP contribution in [-0.4, -0.2) is 26.9 Å². The molecule has 1 aliphatic carbocycles. The second-order valence-electron chi connectivity index (χ2n) is 7.06. The molecule has 2 aromatic heterocycles. The van der Waals surface area contributed by atoms with Gasteiger partial charge in [0.25, 0.3) is 0 Å². The lowest BCUT2D eigenvalue weighted by Crippen LogP contribution is -2.01.